The van der Waals surface area contributed by atoms with Gasteiger partial charge in [0.15, 0.2) is 0 Å². The minimum atomic E-state index is -0.553. The van der Waals surface area contributed by atoms with Crippen molar-refractivity contribution in [3.8, 4) is 0 Å². The van der Waals surface area contributed by atoms with E-state index < -0.39 is 11.8 Å². The zero-order chi connectivity index (χ0) is 14.4. The zero-order valence-electron chi connectivity index (χ0n) is 10.6. The fraction of sp³-hybridized carbons (Fsp3) is 0.333. The number of amides is 1. The summed E-state index contributed by atoms with van der Waals surface area (Å²) >= 11 is 5.59. The number of esters is 1. The third-order valence-corrected chi connectivity index (χ3v) is 2.53. The van der Waals surface area contributed by atoms with Crippen LogP contribution >= 0.6 is 11.6 Å². The van der Waals surface area contributed by atoms with Crippen LogP contribution in [0.5, 0.6) is 0 Å². The number of nitrogens with zero attached hydrogens (tertiary/aromatic N) is 1. The molecule has 0 saturated heterocycles. The monoisotopic (exact) mass is 288 g/mol. The highest BCUT2D eigenvalue weighted by Crippen LogP contribution is 2.19. The number of methoxy groups -OCH3 is 1. The molecule has 0 bridgehead atoms. The van der Waals surface area contributed by atoms with E-state index in [4.69, 9.17) is 11.6 Å². The Hall–Kier alpha value is -1.66. The lowest BCUT2D eigenvalue weighted by molar-refractivity contribution is -0.141. The second-order valence-electron chi connectivity index (χ2n) is 3.93. The topological polar surface area (TPSA) is 58.6 Å². The molecular formula is C12H14ClFN2O3. The van der Waals surface area contributed by atoms with E-state index in [1.165, 1.54) is 24.1 Å². The standard InChI is InChI=1S/C12H14ClFN2O3/c1-16(7-12(18)19-2)6-11(17)15-8-3-4-10(14)9(13)5-8/h3-5H,6-7H2,1-2H3,(H,15,17). The Morgan fingerprint density at radius 3 is 2.68 bits per heavy atom. The zero-order valence-corrected chi connectivity index (χ0v) is 11.3. The van der Waals surface area contributed by atoms with Crippen LogP contribution in [-0.2, 0) is 14.3 Å². The molecule has 1 amide bonds. The van der Waals surface area contributed by atoms with Crippen molar-refractivity contribution >= 4 is 29.2 Å². The van der Waals surface area contributed by atoms with Crippen LogP contribution < -0.4 is 5.32 Å². The first-order valence-corrected chi connectivity index (χ1v) is 5.80. The summed E-state index contributed by atoms with van der Waals surface area (Å²) in [5.41, 5.74) is 0.392. The van der Waals surface area contributed by atoms with Crippen LogP contribution in [-0.4, -0.2) is 44.0 Å². The van der Waals surface area contributed by atoms with Crippen LogP contribution in [0.4, 0.5) is 10.1 Å². The van der Waals surface area contributed by atoms with E-state index in [0.717, 1.165) is 6.07 Å². The minimum Gasteiger partial charge on any atom is -0.468 e. The Labute approximate surface area is 115 Å². The summed E-state index contributed by atoms with van der Waals surface area (Å²) < 4.78 is 17.4. The summed E-state index contributed by atoms with van der Waals surface area (Å²) in [6.07, 6.45) is 0. The van der Waals surface area contributed by atoms with Crippen molar-refractivity contribution in [2.75, 3.05) is 32.6 Å². The van der Waals surface area contributed by atoms with E-state index in [-0.39, 0.29) is 24.0 Å². The van der Waals surface area contributed by atoms with Crippen molar-refractivity contribution in [2.24, 2.45) is 0 Å². The van der Waals surface area contributed by atoms with Crippen LogP contribution in [0, 0.1) is 5.82 Å². The number of benzene rings is 1. The van der Waals surface area contributed by atoms with Crippen LogP contribution in [0.15, 0.2) is 18.2 Å². The molecule has 1 N–H and O–H groups in total. The molecule has 0 fully saturated rings. The Bertz CT molecular complexity index is 482. The van der Waals surface area contributed by atoms with Crippen LogP contribution in [0.3, 0.4) is 0 Å². The molecule has 7 heteroatoms. The van der Waals surface area contributed by atoms with Gasteiger partial charge in [0.05, 0.1) is 25.2 Å². The molecule has 0 aromatic heterocycles. The number of carbonyl (C=O) groups excluding carboxylic acids is 2. The second-order valence-corrected chi connectivity index (χ2v) is 4.33. The van der Waals surface area contributed by atoms with Crippen molar-refractivity contribution in [3.05, 3.63) is 29.0 Å². The molecule has 0 unspecified atom stereocenters. The van der Waals surface area contributed by atoms with Crippen molar-refractivity contribution in [1.29, 1.82) is 0 Å². The summed E-state index contributed by atoms with van der Waals surface area (Å²) in [5, 5.41) is 2.48. The lowest BCUT2D eigenvalue weighted by atomic mass is 10.3. The Balaban J connectivity index is 2.50. The normalized spacial score (nSPS) is 10.4. The van der Waals surface area contributed by atoms with Gasteiger partial charge in [0.1, 0.15) is 5.82 Å². The lowest BCUT2D eigenvalue weighted by Gasteiger charge is -2.14. The Morgan fingerprint density at radius 2 is 2.11 bits per heavy atom. The summed E-state index contributed by atoms with van der Waals surface area (Å²) in [6, 6.07) is 3.88. The van der Waals surface area contributed by atoms with Crippen LogP contribution in [0.1, 0.15) is 0 Å². The van der Waals surface area contributed by atoms with E-state index in [1.807, 2.05) is 0 Å². The summed E-state index contributed by atoms with van der Waals surface area (Å²) in [6.45, 7) is 0.0121. The quantitative estimate of drug-likeness (QED) is 0.835. The average Bonchev–Trinajstić information content (AvgIpc) is 2.33. The molecule has 0 heterocycles. The average molecular weight is 289 g/mol. The third-order valence-electron chi connectivity index (χ3n) is 2.24. The molecular weight excluding hydrogens is 275 g/mol. The number of halogens is 2. The van der Waals surface area contributed by atoms with E-state index in [2.05, 4.69) is 10.1 Å². The van der Waals surface area contributed by atoms with Gasteiger partial charge in [-0.3, -0.25) is 14.5 Å². The highest BCUT2D eigenvalue weighted by molar-refractivity contribution is 6.31. The molecule has 0 aliphatic rings. The first-order valence-electron chi connectivity index (χ1n) is 5.42. The molecule has 0 radical (unpaired) electrons. The second kappa shape index (κ2) is 7.06. The van der Waals surface area contributed by atoms with Gasteiger partial charge in [-0.2, -0.15) is 0 Å². The third kappa shape index (κ3) is 5.23. The number of anilines is 1. The molecule has 0 aliphatic heterocycles. The van der Waals surface area contributed by atoms with Crippen LogP contribution in [0.25, 0.3) is 0 Å². The maximum Gasteiger partial charge on any atom is 0.319 e. The van der Waals surface area contributed by atoms with Gasteiger partial charge in [0.25, 0.3) is 0 Å². The van der Waals surface area contributed by atoms with E-state index in [0.29, 0.717) is 5.69 Å². The van der Waals surface area contributed by atoms with E-state index in [1.54, 1.807) is 7.05 Å². The summed E-state index contributed by atoms with van der Waals surface area (Å²) in [4.78, 5) is 24.1. The Morgan fingerprint density at radius 1 is 1.42 bits per heavy atom. The number of nitrogens with one attached hydrogen (secondary N) is 1. The number of rotatable bonds is 5. The summed E-state index contributed by atoms with van der Waals surface area (Å²) in [7, 11) is 2.88. The number of hydrogen-bond acceptors (Lipinski definition) is 4. The minimum absolute atomic E-state index is 0.00406. The molecule has 1 rings (SSSR count). The molecule has 5 nitrogen and oxygen atoms in total. The SMILES string of the molecule is COC(=O)CN(C)CC(=O)Nc1ccc(F)c(Cl)c1. The molecule has 0 aliphatic carbocycles. The predicted molar refractivity (Wildman–Crippen MR) is 69.6 cm³/mol. The van der Waals surface area contributed by atoms with Crippen molar-refractivity contribution in [3.63, 3.8) is 0 Å². The lowest BCUT2D eigenvalue weighted by Crippen LogP contribution is -2.34. The summed E-state index contributed by atoms with van der Waals surface area (Å²) in [5.74, 6) is -1.32. The fourth-order valence-corrected chi connectivity index (χ4v) is 1.54. The maximum atomic E-state index is 12.9. The van der Waals surface area contributed by atoms with Gasteiger partial charge in [-0.15, -0.1) is 0 Å². The van der Waals surface area contributed by atoms with Crippen molar-refractivity contribution < 1.29 is 18.7 Å². The van der Waals surface area contributed by atoms with Crippen molar-refractivity contribution in [2.45, 2.75) is 0 Å². The van der Waals surface area contributed by atoms with Gasteiger partial charge in [-0.25, -0.2) is 4.39 Å². The largest absolute Gasteiger partial charge is 0.468 e. The Kier molecular flexibility index (Phi) is 5.72. The molecule has 0 spiro atoms. The molecule has 19 heavy (non-hydrogen) atoms. The van der Waals surface area contributed by atoms with Crippen molar-refractivity contribution in [1.82, 2.24) is 4.90 Å². The molecule has 0 saturated carbocycles. The van der Waals surface area contributed by atoms with Gasteiger partial charge in [0, 0.05) is 5.69 Å². The van der Waals surface area contributed by atoms with Gasteiger partial charge in [0.2, 0.25) is 5.91 Å². The highest BCUT2D eigenvalue weighted by Gasteiger charge is 2.11. The van der Waals surface area contributed by atoms with E-state index in [9.17, 15) is 14.0 Å². The molecule has 104 valence electrons. The van der Waals surface area contributed by atoms with Gasteiger partial charge in [-0.05, 0) is 25.2 Å². The first-order chi connectivity index (χ1) is 8.92. The number of likely N-dealkylation sites (N-methyl/N-ethyl adjacent to an activating group) is 1. The van der Waals surface area contributed by atoms with Gasteiger partial charge in [-0.1, -0.05) is 11.6 Å². The van der Waals surface area contributed by atoms with Crippen LogP contribution in [0.2, 0.25) is 5.02 Å². The number of ether oxygens (including phenoxy) is 1. The highest BCUT2D eigenvalue weighted by atomic mass is 35.5. The number of hydrogen-bond donors (Lipinski definition) is 1. The molecule has 1 aromatic carbocycles. The molecule has 0 atom stereocenters. The number of carbonyl (C=O) groups is 2. The predicted octanol–water partition coefficient (Wildman–Crippen LogP) is 1.52. The maximum absolute atomic E-state index is 12.9. The van der Waals surface area contributed by atoms with Gasteiger partial charge < -0.3 is 10.1 Å². The van der Waals surface area contributed by atoms with Gasteiger partial charge >= 0.3 is 5.97 Å². The molecule has 1 aromatic rings. The fourth-order valence-electron chi connectivity index (χ4n) is 1.36. The van der Waals surface area contributed by atoms with E-state index >= 15 is 0 Å². The first kappa shape index (κ1) is 15.4. The smallest absolute Gasteiger partial charge is 0.319 e.